The Labute approximate surface area is 152 Å². The van der Waals surface area contributed by atoms with Crippen LogP contribution in [0.4, 0.5) is 10.8 Å². The number of aromatic nitrogens is 2. The van der Waals surface area contributed by atoms with E-state index in [4.69, 9.17) is 0 Å². The van der Waals surface area contributed by atoms with E-state index in [2.05, 4.69) is 15.5 Å². The maximum Gasteiger partial charge on any atom is 0.293 e. The maximum absolute atomic E-state index is 12.9. The quantitative estimate of drug-likeness (QED) is 0.803. The first-order chi connectivity index (χ1) is 11.6. The second-order valence-electron chi connectivity index (χ2n) is 6.58. The summed E-state index contributed by atoms with van der Waals surface area (Å²) in [5.41, 5.74) is 0.992. The Morgan fingerprint density at radius 1 is 1.20 bits per heavy atom. The molecule has 0 aliphatic carbocycles. The van der Waals surface area contributed by atoms with Crippen molar-refractivity contribution in [3.05, 3.63) is 29.8 Å². The zero-order valence-corrected chi connectivity index (χ0v) is 16.5. The molecule has 9 heteroatoms. The van der Waals surface area contributed by atoms with Crippen molar-refractivity contribution in [2.75, 3.05) is 16.2 Å². The lowest BCUT2D eigenvalue weighted by molar-refractivity contribution is -0.123. The van der Waals surface area contributed by atoms with Gasteiger partial charge in [-0.15, -0.1) is 10.2 Å². The smallest absolute Gasteiger partial charge is 0.293 e. The van der Waals surface area contributed by atoms with Crippen molar-refractivity contribution in [2.24, 2.45) is 5.41 Å². The second kappa shape index (κ2) is 7.09. The van der Waals surface area contributed by atoms with Crippen LogP contribution in [0.1, 0.15) is 33.3 Å². The molecule has 25 heavy (non-hydrogen) atoms. The van der Waals surface area contributed by atoms with Gasteiger partial charge in [-0.1, -0.05) is 49.8 Å². The molecule has 1 heterocycles. The molecule has 2 rings (SSSR count). The summed E-state index contributed by atoms with van der Waals surface area (Å²) in [6.45, 7) is 9.23. The summed E-state index contributed by atoms with van der Waals surface area (Å²) in [6.07, 6.45) is 0. The van der Waals surface area contributed by atoms with Gasteiger partial charge in [0.2, 0.25) is 11.0 Å². The molecule has 1 aromatic heterocycles. The molecular formula is C16H22N4O3S2. The van der Waals surface area contributed by atoms with E-state index in [9.17, 15) is 13.2 Å². The van der Waals surface area contributed by atoms with Crippen LogP contribution in [-0.4, -0.2) is 31.1 Å². The number of carbonyl (C=O) groups is 1. The number of sulfonamides is 1. The summed E-state index contributed by atoms with van der Waals surface area (Å²) in [4.78, 5) is 12.0. The lowest BCUT2D eigenvalue weighted by Crippen LogP contribution is -2.30. The largest absolute Gasteiger partial charge is 0.300 e. The van der Waals surface area contributed by atoms with Crippen molar-refractivity contribution in [3.8, 4) is 0 Å². The van der Waals surface area contributed by atoms with Crippen molar-refractivity contribution < 1.29 is 13.2 Å². The molecule has 1 aromatic carbocycles. The molecule has 0 saturated carbocycles. The number of rotatable bonds is 5. The van der Waals surface area contributed by atoms with Gasteiger partial charge in [0.15, 0.2) is 0 Å². The van der Waals surface area contributed by atoms with Crippen molar-refractivity contribution in [2.45, 2.75) is 39.0 Å². The first-order valence-electron chi connectivity index (χ1n) is 7.80. The van der Waals surface area contributed by atoms with Gasteiger partial charge >= 0.3 is 0 Å². The Kier molecular flexibility index (Phi) is 5.48. The van der Waals surface area contributed by atoms with Crippen LogP contribution in [0.2, 0.25) is 0 Å². The number of nitrogens with zero attached hydrogens (tertiary/aromatic N) is 3. The number of hydrogen-bond donors (Lipinski definition) is 1. The Balaban J connectivity index is 2.30. The van der Waals surface area contributed by atoms with E-state index in [0.717, 1.165) is 16.9 Å². The van der Waals surface area contributed by atoms with Crippen LogP contribution in [-0.2, 0) is 14.8 Å². The van der Waals surface area contributed by atoms with Gasteiger partial charge in [-0.2, -0.15) is 8.42 Å². The summed E-state index contributed by atoms with van der Waals surface area (Å²) in [6, 6.07) is 7.20. The lowest BCUT2D eigenvalue weighted by Gasteiger charge is -2.21. The fourth-order valence-electron chi connectivity index (χ4n) is 1.95. The van der Waals surface area contributed by atoms with Crippen LogP contribution in [0.5, 0.6) is 0 Å². The highest BCUT2D eigenvalue weighted by Gasteiger charge is 2.29. The second-order valence-corrected chi connectivity index (χ2v) is 9.60. The molecule has 0 radical (unpaired) electrons. The summed E-state index contributed by atoms with van der Waals surface area (Å²) < 4.78 is 26.8. The van der Waals surface area contributed by atoms with E-state index in [1.165, 1.54) is 4.31 Å². The number of nitrogens with one attached hydrogen (secondary N) is 1. The zero-order chi connectivity index (χ0) is 18.8. The summed E-state index contributed by atoms with van der Waals surface area (Å²) in [5, 5.41) is 10.3. The number of benzene rings is 1. The summed E-state index contributed by atoms with van der Waals surface area (Å²) >= 11 is 0.842. The van der Waals surface area contributed by atoms with Gasteiger partial charge in [0.1, 0.15) is 0 Å². The molecular weight excluding hydrogens is 360 g/mol. The average Bonchev–Trinajstić information content (AvgIpc) is 2.98. The van der Waals surface area contributed by atoms with E-state index in [1.807, 2.05) is 19.1 Å². The van der Waals surface area contributed by atoms with E-state index in [0.29, 0.717) is 5.69 Å². The molecule has 0 spiro atoms. The highest BCUT2D eigenvalue weighted by atomic mass is 32.2. The third-order valence-electron chi connectivity index (χ3n) is 3.43. The third kappa shape index (κ3) is 4.35. The van der Waals surface area contributed by atoms with Crippen LogP contribution in [0.15, 0.2) is 28.6 Å². The lowest BCUT2D eigenvalue weighted by atomic mass is 9.96. The van der Waals surface area contributed by atoms with Crippen LogP contribution in [0.3, 0.4) is 0 Å². The van der Waals surface area contributed by atoms with Crippen molar-refractivity contribution in [3.63, 3.8) is 0 Å². The predicted molar refractivity (Wildman–Crippen MR) is 99.4 cm³/mol. The minimum atomic E-state index is -3.84. The van der Waals surface area contributed by atoms with Gasteiger partial charge in [0.05, 0.1) is 5.69 Å². The Bertz CT molecular complexity index is 852. The molecule has 136 valence electrons. The molecule has 0 saturated heterocycles. The molecule has 1 amide bonds. The molecule has 0 unspecified atom stereocenters. The number of anilines is 2. The zero-order valence-electron chi connectivity index (χ0n) is 14.9. The topological polar surface area (TPSA) is 92.3 Å². The number of hydrogen-bond acceptors (Lipinski definition) is 6. The minimum absolute atomic E-state index is 0.154. The first kappa shape index (κ1) is 19.3. The van der Waals surface area contributed by atoms with E-state index >= 15 is 0 Å². The summed E-state index contributed by atoms with van der Waals surface area (Å²) in [5.74, 6) is -0.251. The SMILES string of the molecule is CCN(c1ccc(C)cc1)S(=O)(=O)c1nnc(NC(=O)C(C)(C)C)s1. The van der Waals surface area contributed by atoms with Crippen molar-refractivity contribution >= 4 is 38.1 Å². The average molecular weight is 383 g/mol. The highest BCUT2D eigenvalue weighted by molar-refractivity contribution is 7.94. The number of carbonyl (C=O) groups excluding carboxylic acids is 1. The molecule has 0 aliphatic heterocycles. The van der Waals surface area contributed by atoms with Gasteiger partial charge in [-0.05, 0) is 26.0 Å². The Hall–Kier alpha value is -2.00. The third-order valence-corrected chi connectivity index (χ3v) is 6.52. The van der Waals surface area contributed by atoms with Crippen LogP contribution in [0, 0.1) is 12.3 Å². The number of amides is 1. The van der Waals surface area contributed by atoms with Gasteiger partial charge in [-0.3, -0.25) is 9.10 Å². The normalized spacial score (nSPS) is 12.0. The van der Waals surface area contributed by atoms with Crippen LogP contribution in [0.25, 0.3) is 0 Å². The minimum Gasteiger partial charge on any atom is -0.300 e. The molecule has 0 atom stereocenters. The van der Waals surface area contributed by atoms with E-state index in [1.54, 1.807) is 39.8 Å². The monoisotopic (exact) mass is 382 g/mol. The van der Waals surface area contributed by atoms with Crippen LogP contribution < -0.4 is 9.62 Å². The van der Waals surface area contributed by atoms with Crippen molar-refractivity contribution in [1.29, 1.82) is 0 Å². The Morgan fingerprint density at radius 2 is 1.80 bits per heavy atom. The fourth-order valence-corrected chi connectivity index (χ4v) is 4.42. The maximum atomic E-state index is 12.9. The molecule has 7 nitrogen and oxygen atoms in total. The van der Waals surface area contributed by atoms with Crippen LogP contribution >= 0.6 is 11.3 Å². The highest BCUT2D eigenvalue weighted by Crippen LogP contribution is 2.28. The predicted octanol–water partition coefficient (Wildman–Crippen LogP) is 3.05. The number of aryl methyl sites for hydroxylation is 1. The Morgan fingerprint density at radius 3 is 2.32 bits per heavy atom. The van der Waals surface area contributed by atoms with Gasteiger partial charge in [0.25, 0.3) is 14.4 Å². The first-order valence-corrected chi connectivity index (χ1v) is 10.1. The molecule has 1 N–H and O–H groups in total. The molecule has 2 aromatic rings. The van der Waals surface area contributed by atoms with Gasteiger partial charge in [-0.25, -0.2) is 0 Å². The molecule has 0 fully saturated rings. The van der Waals surface area contributed by atoms with Gasteiger partial charge < -0.3 is 5.32 Å². The standard InChI is InChI=1S/C16H22N4O3S2/c1-6-20(12-9-7-11(2)8-10-12)25(22,23)15-19-18-14(24-15)17-13(21)16(3,4)5/h7-10H,6H2,1-5H3,(H,17,18,21). The van der Waals surface area contributed by atoms with Crippen molar-refractivity contribution in [1.82, 2.24) is 10.2 Å². The van der Waals surface area contributed by atoms with E-state index < -0.39 is 15.4 Å². The molecule has 0 bridgehead atoms. The van der Waals surface area contributed by atoms with Gasteiger partial charge in [0, 0.05) is 12.0 Å². The molecule has 0 aliphatic rings. The fraction of sp³-hybridized carbons (Fsp3) is 0.438. The van der Waals surface area contributed by atoms with E-state index in [-0.39, 0.29) is 21.9 Å². The summed E-state index contributed by atoms with van der Waals surface area (Å²) in [7, 11) is -3.84.